The lowest BCUT2D eigenvalue weighted by Gasteiger charge is -2.54. The monoisotopic (exact) mass is 635 g/mol. The number of hydrogen-bond acceptors (Lipinski definition) is 6. The fraction of sp³-hybridized carbons (Fsp3) is 1.00. The number of nitrogens with two attached hydrogens (primary N) is 1. The Bertz CT molecular complexity index is 835. The summed E-state index contributed by atoms with van der Waals surface area (Å²) in [4.78, 5) is 0. The van der Waals surface area contributed by atoms with Crippen LogP contribution in [0.3, 0.4) is 0 Å². The Kier molecular flexibility index (Phi) is 11.8. The van der Waals surface area contributed by atoms with Crippen LogP contribution in [0, 0.1) is 0 Å². The molecule has 40 heavy (non-hydrogen) atoms. The van der Waals surface area contributed by atoms with Gasteiger partial charge in [0.25, 0.3) is 0 Å². The first-order chi connectivity index (χ1) is 17.3. The zero-order chi connectivity index (χ0) is 32.1. The summed E-state index contributed by atoms with van der Waals surface area (Å²) in [5.41, 5.74) is 6.90. The highest BCUT2D eigenvalue weighted by atomic mass is 28.4. The molecule has 1 aliphatic rings. The smallest absolute Gasteiger partial charge is 0.192 e. The highest BCUT2D eigenvalue weighted by Gasteiger charge is 2.56. The van der Waals surface area contributed by atoms with E-state index in [9.17, 15) is 0 Å². The number of rotatable bonds is 9. The second-order valence-electron chi connectivity index (χ2n) is 18.2. The lowest BCUT2D eigenvalue weighted by atomic mass is 9.99. The zero-order valence-electron chi connectivity index (χ0n) is 30.2. The Labute approximate surface area is 253 Å². The van der Waals surface area contributed by atoms with Crippen LogP contribution >= 0.6 is 0 Å². The van der Waals surface area contributed by atoms with E-state index < -0.39 is 45.6 Å². The third-order valence-electron chi connectivity index (χ3n) is 10.8. The molecular formula is C30H69NO5Si4. The van der Waals surface area contributed by atoms with Gasteiger partial charge in [-0.05, 0) is 72.5 Å². The normalized spacial score (nSPS) is 26.8. The summed E-state index contributed by atoms with van der Waals surface area (Å²) >= 11 is 0. The fourth-order valence-corrected chi connectivity index (χ4v) is 8.48. The van der Waals surface area contributed by atoms with Gasteiger partial charge in [-0.25, -0.2) is 0 Å². The third-order valence-corrected chi connectivity index (χ3v) is 28.7. The van der Waals surface area contributed by atoms with E-state index in [0.29, 0.717) is 6.61 Å². The Morgan fingerprint density at radius 1 is 0.500 bits per heavy atom. The molecule has 0 aliphatic carbocycles. The summed E-state index contributed by atoms with van der Waals surface area (Å²) in [6.07, 6.45) is -2.08. The first-order valence-corrected chi connectivity index (χ1v) is 27.0. The predicted octanol–water partition coefficient (Wildman–Crippen LogP) is 8.86. The fourth-order valence-electron chi connectivity index (χ4n) is 3.55. The van der Waals surface area contributed by atoms with E-state index in [1.807, 2.05) is 0 Å². The van der Waals surface area contributed by atoms with Gasteiger partial charge in [0, 0.05) is 0 Å². The van der Waals surface area contributed by atoms with Crippen LogP contribution in [0.1, 0.15) is 83.1 Å². The second-order valence-corrected chi connectivity index (χ2v) is 37.3. The molecule has 1 heterocycles. The lowest BCUT2D eigenvalue weighted by Crippen LogP contribution is -2.69. The largest absolute Gasteiger partial charge is 0.414 e. The van der Waals surface area contributed by atoms with Gasteiger partial charge in [-0.1, -0.05) is 83.1 Å². The van der Waals surface area contributed by atoms with Gasteiger partial charge in [0.1, 0.15) is 30.6 Å². The molecule has 240 valence electrons. The van der Waals surface area contributed by atoms with Gasteiger partial charge in [-0.15, -0.1) is 0 Å². The molecule has 0 saturated carbocycles. The van der Waals surface area contributed by atoms with Crippen LogP contribution in [0.5, 0.6) is 0 Å². The van der Waals surface area contributed by atoms with Crippen LogP contribution in [-0.2, 0) is 22.4 Å². The molecule has 6 nitrogen and oxygen atoms in total. The molecule has 0 unspecified atom stereocenters. The van der Waals surface area contributed by atoms with Crippen molar-refractivity contribution in [3.8, 4) is 0 Å². The van der Waals surface area contributed by atoms with Gasteiger partial charge >= 0.3 is 0 Å². The number of hydrogen-bond donors (Lipinski definition) is 1. The SMILES string of the molecule is CC(C)(C)[Si](C)(C)OC[C@H]1O[C@@H](N)[C@H](O[Si](C)(C)C(C)(C)C)[C@@H](O[Si](C)(C)C(C)(C)C)[C@@H]1O[Si](C)(C)C(C)(C)C. The van der Waals surface area contributed by atoms with E-state index in [-0.39, 0.29) is 38.5 Å². The van der Waals surface area contributed by atoms with E-state index >= 15 is 0 Å². The first-order valence-electron chi connectivity index (χ1n) is 15.4. The minimum atomic E-state index is -2.24. The van der Waals surface area contributed by atoms with E-state index in [1.165, 1.54) is 0 Å². The summed E-state index contributed by atoms with van der Waals surface area (Å²) in [6, 6.07) is 0. The summed E-state index contributed by atoms with van der Waals surface area (Å²) in [6.45, 7) is 46.1. The third kappa shape index (κ3) is 9.08. The molecule has 0 spiro atoms. The molecule has 0 bridgehead atoms. The van der Waals surface area contributed by atoms with Crippen LogP contribution in [0.25, 0.3) is 0 Å². The van der Waals surface area contributed by atoms with Gasteiger partial charge in [-0.3, -0.25) is 0 Å². The highest BCUT2D eigenvalue weighted by molar-refractivity contribution is 6.75. The maximum Gasteiger partial charge on any atom is 0.192 e. The molecule has 10 heteroatoms. The lowest BCUT2D eigenvalue weighted by molar-refractivity contribution is -0.214. The average Bonchev–Trinajstić information content (AvgIpc) is 2.67. The van der Waals surface area contributed by atoms with Crippen LogP contribution in [0.15, 0.2) is 0 Å². The molecule has 5 atom stereocenters. The Morgan fingerprint density at radius 3 is 1.12 bits per heavy atom. The summed E-state index contributed by atoms with van der Waals surface area (Å²) in [5.74, 6) is 0. The Morgan fingerprint density at radius 2 is 0.800 bits per heavy atom. The zero-order valence-corrected chi connectivity index (χ0v) is 34.2. The molecule has 0 amide bonds. The molecular weight excluding hydrogens is 567 g/mol. The van der Waals surface area contributed by atoms with E-state index in [2.05, 4.69) is 135 Å². The van der Waals surface area contributed by atoms with Gasteiger partial charge in [-0.2, -0.15) is 0 Å². The molecule has 2 N–H and O–H groups in total. The highest BCUT2D eigenvalue weighted by Crippen LogP contribution is 2.46. The van der Waals surface area contributed by atoms with Crippen molar-refractivity contribution in [3.05, 3.63) is 0 Å². The summed E-state index contributed by atoms with van der Waals surface area (Å²) in [5, 5.41) is 0.150. The van der Waals surface area contributed by atoms with Crippen molar-refractivity contribution in [2.75, 3.05) is 6.61 Å². The standard InChI is InChI=1S/C30H69NO5Si4/c1-27(2,3)37(13,14)32-21-22-23(34-38(15,16)28(4,5)6)24(35-39(17,18)29(7,8)9)25(26(31)33-22)36-40(19,20)30(10,11)12/h22-26H,21,31H2,1-20H3/t22-,23-,24+,25-,26-/m1/s1. The maximum atomic E-state index is 7.31. The molecule has 1 fully saturated rings. The average molecular weight is 636 g/mol. The molecule has 1 saturated heterocycles. The second kappa shape index (κ2) is 12.2. The van der Waals surface area contributed by atoms with E-state index in [4.69, 9.17) is 28.2 Å². The van der Waals surface area contributed by atoms with Crippen molar-refractivity contribution >= 4 is 33.3 Å². The van der Waals surface area contributed by atoms with Crippen molar-refractivity contribution in [1.82, 2.24) is 0 Å². The number of ether oxygens (including phenoxy) is 1. The van der Waals surface area contributed by atoms with Crippen molar-refractivity contribution in [3.63, 3.8) is 0 Å². The molecule has 0 aromatic carbocycles. The van der Waals surface area contributed by atoms with Gasteiger partial charge < -0.3 is 28.2 Å². The molecule has 0 aromatic heterocycles. The molecule has 1 aliphatic heterocycles. The predicted molar refractivity (Wildman–Crippen MR) is 182 cm³/mol. The van der Waals surface area contributed by atoms with E-state index in [0.717, 1.165) is 0 Å². The van der Waals surface area contributed by atoms with Crippen molar-refractivity contribution in [2.24, 2.45) is 5.73 Å². The minimum absolute atomic E-state index is 0.0194. The van der Waals surface area contributed by atoms with Crippen molar-refractivity contribution in [1.29, 1.82) is 0 Å². The summed E-state index contributed by atoms with van der Waals surface area (Å²) < 4.78 is 35.1. The van der Waals surface area contributed by atoms with Crippen molar-refractivity contribution < 1.29 is 22.4 Å². The minimum Gasteiger partial charge on any atom is -0.414 e. The molecule has 0 aromatic rings. The molecule has 0 radical (unpaired) electrons. The van der Waals surface area contributed by atoms with Crippen molar-refractivity contribution in [2.45, 2.75) is 186 Å². The quantitative estimate of drug-likeness (QED) is 0.255. The topological polar surface area (TPSA) is 72.2 Å². The van der Waals surface area contributed by atoms with Crippen LogP contribution in [-0.4, -0.2) is 70.5 Å². The Hall–Kier alpha value is 0.628. The Balaban J connectivity index is 3.75. The van der Waals surface area contributed by atoms with E-state index in [1.54, 1.807) is 0 Å². The first kappa shape index (κ1) is 38.7. The van der Waals surface area contributed by atoms with Gasteiger partial charge in [0.2, 0.25) is 0 Å². The van der Waals surface area contributed by atoms with Crippen LogP contribution in [0.4, 0.5) is 0 Å². The van der Waals surface area contributed by atoms with Crippen LogP contribution in [0.2, 0.25) is 72.5 Å². The van der Waals surface area contributed by atoms with Crippen LogP contribution < -0.4 is 5.73 Å². The van der Waals surface area contributed by atoms with Gasteiger partial charge in [0.05, 0.1) is 6.61 Å². The van der Waals surface area contributed by atoms with Gasteiger partial charge in [0.15, 0.2) is 33.3 Å². The summed E-state index contributed by atoms with van der Waals surface area (Å²) in [7, 11) is -8.72. The molecule has 1 rings (SSSR count). The maximum absolute atomic E-state index is 7.31.